The Morgan fingerprint density at radius 1 is 1.13 bits per heavy atom. The van der Waals surface area contributed by atoms with Gasteiger partial charge in [0.15, 0.2) is 5.69 Å². The van der Waals surface area contributed by atoms with Gasteiger partial charge in [0, 0.05) is 24.8 Å². The van der Waals surface area contributed by atoms with Crippen LogP contribution in [0.4, 0.5) is 0 Å². The zero-order valence-corrected chi connectivity index (χ0v) is 17.0. The van der Waals surface area contributed by atoms with Crippen molar-refractivity contribution in [2.45, 2.75) is 44.7 Å². The Bertz CT molecular complexity index is 1080. The maximum Gasteiger partial charge on any atom is 0.273 e. The third-order valence-electron chi connectivity index (χ3n) is 5.12. The van der Waals surface area contributed by atoms with Crippen molar-refractivity contribution in [2.75, 3.05) is 0 Å². The molecule has 0 aliphatic heterocycles. The average molecular weight is 403 g/mol. The molecule has 1 aromatic heterocycles. The van der Waals surface area contributed by atoms with E-state index in [2.05, 4.69) is 16.5 Å². The highest BCUT2D eigenvalue weighted by Crippen LogP contribution is 2.21. The summed E-state index contributed by atoms with van der Waals surface area (Å²) in [5.41, 5.74) is 6.39. The van der Waals surface area contributed by atoms with Gasteiger partial charge in [-0.3, -0.25) is 14.3 Å². The minimum absolute atomic E-state index is 0.256. The van der Waals surface area contributed by atoms with Crippen LogP contribution in [0.5, 0.6) is 0 Å². The molecule has 0 fully saturated rings. The number of nitrogens with one attached hydrogen (secondary N) is 1. The summed E-state index contributed by atoms with van der Waals surface area (Å²) < 4.78 is 1.78. The first-order chi connectivity index (χ1) is 14.4. The van der Waals surface area contributed by atoms with Crippen LogP contribution < -0.4 is 11.1 Å². The number of nitriles is 1. The minimum Gasteiger partial charge on any atom is -0.368 e. The van der Waals surface area contributed by atoms with Crippen LogP contribution >= 0.6 is 0 Å². The second-order valence-corrected chi connectivity index (χ2v) is 7.52. The monoisotopic (exact) mass is 403 g/mol. The van der Waals surface area contributed by atoms with E-state index in [4.69, 9.17) is 11.0 Å². The fourth-order valence-corrected chi connectivity index (χ4v) is 3.44. The van der Waals surface area contributed by atoms with Gasteiger partial charge in [-0.15, -0.1) is 0 Å². The second-order valence-electron chi connectivity index (χ2n) is 7.52. The number of nitrogens with zero attached hydrogens (tertiary/aromatic N) is 3. The summed E-state index contributed by atoms with van der Waals surface area (Å²) in [5, 5.41) is 16.7. The molecule has 7 heteroatoms. The Morgan fingerprint density at radius 3 is 2.53 bits per heavy atom. The normalized spacial score (nSPS) is 12.8. The van der Waals surface area contributed by atoms with Gasteiger partial charge >= 0.3 is 0 Å². The Morgan fingerprint density at radius 2 is 1.83 bits per heavy atom. The van der Waals surface area contributed by atoms with Crippen molar-refractivity contribution in [3.8, 4) is 6.07 Å². The standard InChI is InChI=1S/C23H25N5O2/c1-23(22(25)30,16-17-10-4-2-5-11-17)26-21(29)20-18-12-6-7-13-19(18)28(27-20)15-9-3-8-14-24/h2,4-7,10-13H,3,8-9,15-16H2,1H3,(H2,25,30)(H,26,29)/t23-/m0/s1. The molecule has 0 saturated heterocycles. The number of rotatable bonds is 9. The maximum atomic E-state index is 13.1. The number of aromatic nitrogens is 2. The largest absolute Gasteiger partial charge is 0.368 e. The fourth-order valence-electron chi connectivity index (χ4n) is 3.44. The fraction of sp³-hybridized carbons (Fsp3) is 0.304. The third kappa shape index (κ3) is 4.66. The smallest absolute Gasteiger partial charge is 0.273 e. The lowest BCUT2D eigenvalue weighted by Gasteiger charge is -2.27. The molecule has 2 amide bonds. The molecule has 0 unspecified atom stereocenters. The van der Waals surface area contributed by atoms with Gasteiger partial charge in [0.25, 0.3) is 5.91 Å². The number of amides is 2. The minimum atomic E-state index is -1.25. The lowest BCUT2D eigenvalue weighted by atomic mass is 9.91. The van der Waals surface area contributed by atoms with Crippen molar-refractivity contribution >= 4 is 22.7 Å². The van der Waals surface area contributed by atoms with E-state index < -0.39 is 17.4 Å². The SMILES string of the molecule is C[C@@](Cc1ccccc1)(NC(=O)c1nn(CCCCC#N)c2ccccc12)C(N)=O. The van der Waals surface area contributed by atoms with Crippen LogP contribution in [-0.4, -0.2) is 27.1 Å². The first-order valence-corrected chi connectivity index (χ1v) is 9.93. The zero-order valence-electron chi connectivity index (χ0n) is 17.0. The van der Waals surface area contributed by atoms with Crippen molar-refractivity contribution in [3.05, 3.63) is 65.9 Å². The summed E-state index contributed by atoms with van der Waals surface area (Å²) in [6.07, 6.45) is 2.32. The van der Waals surface area contributed by atoms with E-state index in [1.165, 1.54) is 0 Å². The third-order valence-corrected chi connectivity index (χ3v) is 5.12. The van der Waals surface area contributed by atoms with Crippen LogP contribution in [0, 0.1) is 11.3 Å². The number of hydrogen-bond acceptors (Lipinski definition) is 4. The Labute approximate surface area is 175 Å². The van der Waals surface area contributed by atoms with Crippen molar-refractivity contribution in [2.24, 2.45) is 5.73 Å². The molecule has 0 aliphatic carbocycles. The van der Waals surface area contributed by atoms with Gasteiger partial charge in [-0.1, -0.05) is 48.5 Å². The number of para-hydroxylation sites is 1. The van der Waals surface area contributed by atoms with Gasteiger partial charge in [0.05, 0.1) is 11.6 Å². The topological polar surface area (TPSA) is 114 Å². The molecule has 1 heterocycles. The zero-order chi connectivity index (χ0) is 21.6. The van der Waals surface area contributed by atoms with Crippen LogP contribution in [0.25, 0.3) is 10.9 Å². The number of aryl methyl sites for hydroxylation is 1. The van der Waals surface area contributed by atoms with Crippen molar-refractivity contribution in [1.82, 2.24) is 15.1 Å². The molecule has 3 aromatic rings. The number of unbranched alkanes of at least 4 members (excludes halogenated alkanes) is 2. The van der Waals surface area contributed by atoms with Crippen LogP contribution in [0.1, 0.15) is 42.2 Å². The summed E-state index contributed by atoms with van der Waals surface area (Å²) in [6, 6.07) is 19.0. The van der Waals surface area contributed by atoms with Gasteiger partial charge in [0.2, 0.25) is 5.91 Å². The highest BCUT2D eigenvalue weighted by molar-refractivity contribution is 6.06. The van der Waals surface area contributed by atoms with Crippen LogP contribution in [0.3, 0.4) is 0 Å². The van der Waals surface area contributed by atoms with Gasteiger partial charge in [-0.2, -0.15) is 10.4 Å². The van der Waals surface area contributed by atoms with Crippen LogP contribution in [0.2, 0.25) is 0 Å². The predicted molar refractivity (Wildman–Crippen MR) is 114 cm³/mol. The van der Waals surface area contributed by atoms with Gasteiger partial charge in [-0.25, -0.2) is 0 Å². The lowest BCUT2D eigenvalue weighted by Crippen LogP contribution is -2.56. The highest BCUT2D eigenvalue weighted by Gasteiger charge is 2.34. The predicted octanol–water partition coefficient (Wildman–Crippen LogP) is 2.95. The average Bonchev–Trinajstić information content (AvgIpc) is 3.11. The lowest BCUT2D eigenvalue weighted by molar-refractivity contribution is -0.123. The van der Waals surface area contributed by atoms with Gasteiger partial charge < -0.3 is 11.1 Å². The molecular formula is C23H25N5O2. The number of carbonyl (C=O) groups is 2. The molecule has 0 radical (unpaired) electrons. The van der Waals surface area contributed by atoms with E-state index in [9.17, 15) is 9.59 Å². The molecule has 1 atom stereocenters. The maximum absolute atomic E-state index is 13.1. The molecule has 0 spiro atoms. The number of primary amides is 1. The van der Waals surface area contributed by atoms with E-state index >= 15 is 0 Å². The summed E-state index contributed by atoms with van der Waals surface area (Å²) in [6.45, 7) is 2.23. The highest BCUT2D eigenvalue weighted by atomic mass is 16.2. The first-order valence-electron chi connectivity index (χ1n) is 9.93. The molecule has 3 rings (SSSR count). The Kier molecular flexibility index (Phi) is 6.48. The van der Waals surface area contributed by atoms with E-state index in [1.807, 2.05) is 54.6 Å². The molecule has 7 nitrogen and oxygen atoms in total. The molecule has 3 N–H and O–H groups in total. The molecule has 2 aromatic carbocycles. The van der Waals surface area contributed by atoms with Crippen molar-refractivity contribution < 1.29 is 9.59 Å². The molecule has 0 aliphatic rings. The quantitative estimate of drug-likeness (QED) is 0.535. The number of fused-ring (bicyclic) bond motifs is 1. The Balaban J connectivity index is 1.86. The molecule has 30 heavy (non-hydrogen) atoms. The van der Waals surface area contributed by atoms with Crippen LogP contribution in [-0.2, 0) is 17.8 Å². The van der Waals surface area contributed by atoms with Gasteiger partial charge in [-0.05, 0) is 31.4 Å². The summed E-state index contributed by atoms with van der Waals surface area (Å²) in [5.74, 6) is -1.06. The summed E-state index contributed by atoms with van der Waals surface area (Å²) in [4.78, 5) is 25.3. The van der Waals surface area contributed by atoms with Gasteiger partial charge in [0.1, 0.15) is 5.54 Å². The molecule has 0 bridgehead atoms. The van der Waals surface area contributed by atoms with E-state index in [0.717, 1.165) is 23.9 Å². The first kappa shape index (κ1) is 21.1. The van der Waals surface area contributed by atoms with Crippen molar-refractivity contribution in [3.63, 3.8) is 0 Å². The van der Waals surface area contributed by atoms with E-state index in [-0.39, 0.29) is 12.1 Å². The molecular weight excluding hydrogens is 378 g/mol. The van der Waals surface area contributed by atoms with Crippen LogP contribution in [0.15, 0.2) is 54.6 Å². The summed E-state index contributed by atoms with van der Waals surface area (Å²) >= 11 is 0. The number of carbonyl (C=O) groups excluding carboxylic acids is 2. The number of benzene rings is 2. The Hall–Kier alpha value is -3.66. The molecule has 154 valence electrons. The second kappa shape index (κ2) is 9.23. The summed E-state index contributed by atoms with van der Waals surface area (Å²) in [7, 11) is 0. The number of hydrogen-bond donors (Lipinski definition) is 2. The number of nitrogens with two attached hydrogens (primary N) is 1. The van der Waals surface area contributed by atoms with E-state index in [1.54, 1.807) is 11.6 Å². The van der Waals surface area contributed by atoms with Crippen molar-refractivity contribution in [1.29, 1.82) is 5.26 Å². The molecule has 0 saturated carbocycles. The van der Waals surface area contributed by atoms with E-state index in [0.29, 0.717) is 18.4 Å².